The smallest absolute Gasteiger partial charge is 0.131 e. The minimum atomic E-state index is 0.551. The van der Waals surface area contributed by atoms with E-state index in [2.05, 4.69) is 21.2 Å². The van der Waals surface area contributed by atoms with Gasteiger partial charge in [0.1, 0.15) is 11.6 Å². The second kappa shape index (κ2) is 5.10. The molecular weight excluding hydrogens is 228 g/mol. The van der Waals surface area contributed by atoms with Gasteiger partial charge in [-0.15, -0.1) is 0 Å². The number of benzene rings is 1. The molecule has 1 aromatic heterocycles. The lowest BCUT2D eigenvalue weighted by Gasteiger charge is -2.16. The number of methoxy groups -OCH3 is 1. The maximum absolute atomic E-state index is 5.86. The fourth-order valence-corrected chi connectivity index (χ4v) is 2.01. The Balaban J connectivity index is 2.51. The zero-order valence-electron chi connectivity index (χ0n) is 10.9. The molecule has 0 fully saturated rings. The summed E-state index contributed by atoms with van der Waals surface area (Å²) in [6.45, 7) is 0.814. The van der Waals surface area contributed by atoms with E-state index in [1.165, 1.54) is 0 Å². The molecule has 0 radical (unpaired) electrons. The predicted octanol–water partition coefficient (Wildman–Crippen LogP) is 1.73. The van der Waals surface area contributed by atoms with Crippen molar-refractivity contribution in [3.63, 3.8) is 0 Å². The molecule has 1 aromatic carbocycles. The maximum Gasteiger partial charge on any atom is 0.131 e. The van der Waals surface area contributed by atoms with Crippen LogP contribution < -0.4 is 10.5 Å². The minimum Gasteiger partial charge on any atom is -0.496 e. The molecule has 3 N–H and O–H groups in total. The normalized spacial score (nSPS) is 10.9. The third kappa shape index (κ3) is 2.31. The van der Waals surface area contributed by atoms with Crippen LogP contribution >= 0.6 is 0 Å². The molecule has 18 heavy (non-hydrogen) atoms. The van der Waals surface area contributed by atoms with E-state index < -0.39 is 0 Å². The molecule has 0 aliphatic heterocycles. The lowest BCUT2D eigenvalue weighted by Crippen LogP contribution is -2.11. The topological polar surface area (TPSA) is 67.2 Å². The van der Waals surface area contributed by atoms with Crippen molar-refractivity contribution in [3.8, 4) is 16.9 Å². The first-order valence-electron chi connectivity index (χ1n) is 5.73. The number of hydrogen-bond acceptors (Lipinski definition) is 4. The maximum atomic E-state index is 5.86. The molecule has 2 rings (SSSR count). The van der Waals surface area contributed by atoms with E-state index in [0.29, 0.717) is 5.82 Å². The van der Waals surface area contributed by atoms with E-state index in [9.17, 15) is 0 Å². The van der Waals surface area contributed by atoms with E-state index in [0.717, 1.165) is 29.0 Å². The van der Waals surface area contributed by atoms with Gasteiger partial charge in [-0.3, -0.25) is 5.10 Å². The van der Waals surface area contributed by atoms with Crippen LogP contribution in [0.5, 0.6) is 5.75 Å². The first-order chi connectivity index (χ1) is 8.63. The van der Waals surface area contributed by atoms with Crippen LogP contribution in [0.2, 0.25) is 0 Å². The van der Waals surface area contributed by atoms with Gasteiger partial charge < -0.3 is 15.4 Å². The monoisotopic (exact) mass is 246 g/mol. The van der Waals surface area contributed by atoms with E-state index in [1.54, 1.807) is 13.3 Å². The number of ether oxygens (including phenoxy) is 1. The highest BCUT2D eigenvalue weighted by Gasteiger charge is 2.14. The minimum absolute atomic E-state index is 0.551. The lowest BCUT2D eigenvalue weighted by atomic mass is 10.0. The van der Waals surface area contributed by atoms with Gasteiger partial charge in [-0.25, -0.2) is 0 Å². The van der Waals surface area contributed by atoms with Gasteiger partial charge in [0.2, 0.25) is 0 Å². The summed E-state index contributed by atoms with van der Waals surface area (Å²) in [5.74, 6) is 1.40. The molecule has 5 nitrogen and oxygen atoms in total. The van der Waals surface area contributed by atoms with Crippen LogP contribution in [-0.2, 0) is 6.54 Å². The van der Waals surface area contributed by atoms with Crippen LogP contribution in [0.4, 0.5) is 5.82 Å². The molecule has 0 aliphatic rings. The molecule has 0 amide bonds. The Bertz CT molecular complexity index is 534. The fourth-order valence-electron chi connectivity index (χ4n) is 2.01. The first kappa shape index (κ1) is 12.4. The highest BCUT2D eigenvalue weighted by atomic mass is 16.5. The van der Waals surface area contributed by atoms with Gasteiger partial charge in [0.25, 0.3) is 0 Å². The van der Waals surface area contributed by atoms with Gasteiger partial charge in [0, 0.05) is 23.2 Å². The number of H-pyrrole nitrogens is 1. The predicted molar refractivity (Wildman–Crippen MR) is 72.4 cm³/mol. The zero-order valence-corrected chi connectivity index (χ0v) is 10.9. The summed E-state index contributed by atoms with van der Waals surface area (Å²) in [4.78, 5) is 2.10. The molecule has 0 unspecified atom stereocenters. The van der Waals surface area contributed by atoms with E-state index >= 15 is 0 Å². The van der Waals surface area contributed by atoms with Crippen LogP contribution in [-0.4, -0.2) is 36.3 Å². The van der Waals surface area contributed by atoms with Crippen LogP contribution in [0, 0.1) is 0 Å². The number of aromatic amines is 1. The molecule has 0 spiro atoms. The summed E-state index contributed by atoms with van der Waals surface area (Å²) in [5, 5.41) is 6.69. The van der Waals surface area contributed by atoms with E-state index in [4.69, 9.17) is 10.5 Å². The van der Waals surface area contributed by atoms with Crippen LogP contribution in [0.1, 0.15) is 5.56 Å². The fraction of sp³-hybridized carbons (Fsp3) is 0.308. The molecule has 96 valence electrons. The molecule has 0 saturated carbocycles. The van der Waals surface area contributed by atoms with Crippen molar-refractivity contribution in [2.24, 2.45) is 0 Å². The standard InChI is InChI=1S/C13H18N4O/c1-17(2)8-9-5-4-6-10(12(9)18-3)11-7-15-16-13(11)14/h4-7H,8H2,1-3H3,(H3,14,15,16). The summed E-state index contributed by atoms with van der Waals surface area (Å²) < 4.78 is 5.53. The van der Waals surface area contributed by atoms with E-state index in [-0.39, 0.29) is 0 Å². The van der Waals surface area contributed by atoms with Gasteiger partial charge >= 0.3 is 0 Å². The molecule has 5 heteroatoms. The second-order valence-electron chi connectivity index (χ2n) is 4.43. The van der Waals surface area contributed by atoms with Crippen molar-refractivity contribution >= 4 is 5.82 Å². The quantitative estimate of drug-likeness (QED) is 0.862. The second-order valence-corrected chi connectivity index (χ2v) is 4.43. The lowest BCUT2D eigenvalue weighted by molar-refractivity contribution is 0.373. The largest absolute Gasteiger partial charge is 0.496 e. The SMILES string of the molecule is COc1c(CN(C)C)cccc1-c1cn[nH]c1N. The Hall–Kier alpha value is -2.01. The van der Waals surface area contributed by atoms with Crippen molar-refractivity contribution in [3.05, 3.63) is 30.0 Å². The summed E-state index contributed by atoms with van der Waals surface area (Å²) in [7, 11) is 5.73. The molecule has 2 aromatic rings. The van der Waals surface area contributed by atoms with Gasteiger partial charge in [-0.1, -0.05) is 18.2 Å². The molecule has 0 atom stereocenters. The Labute approximate surface area is 107 Å². The number of anilines is 1. The molecule has 0 saturated heterocycles. The number of hydrogen-bond donors (Lipinski definition) is 2. The number of para-hydroxylation sites is 1. The summed E-state index contributed by atoms with van der Waals surface area (Å²) >= 11 is 0. The van der Waals surface area contributed by atoms with Crippen molar-refractivity contribution in [1.82, 2.24) is 15.1 Å². The van der Waals surface area contributed by atoms with Crippen molar-refractivity contribution < 1.29 is 4.74 Å². The summed E-state index contributed by atoms with van der Waals surface area (Å²) in [6, 6.07) is 6.04. The van der Waals surface area contributed by atoms with E-state index in [1.807, 2.05) is 26.2 Å². The van der Waals surface area contributed by atoms with Gasteiger partial charge in [-0.2, -0.15) is 5.10 Å². The Morgan fingerprint density at radius 1 is 1.33 bits per heavy atom. The average molecular weight is 246 g/mol. The molecular formula is C13H18N4O. The van der Waals surface area contributed by atoms with Gasteiger partial charge in [0.15, 0.2) is 0 Å². The number of nitrogen functional groups attached to an aromatic ring is 1. The highest BCUT2D eigenvalue weighted by molar-refractivity contribution is 5.79. The molecule has 0 bridgehead atoms. The Morgan fingerprint density at radius 3 is 2.67 bits per heavy atom. The number of nitrogens with one attached hydrogen (secondary N) is 1. The van der Waals surface area contributed by atoms with Crippen LogP contribution in [0.3, 0.4) is 0 Å². The first-order valence-corrected chi connectivity index (χ1v) is 5.73. The van der Waals surface area contributed by atoms with Crippen molar-refractivity contribution in [1.29, 1.82) is 0 Å². The van der Waals surface area contributed by atoms with Gasteiger partial charge in [0.05, 0.1) is 13.3 Å². The van der Waals surface area contributed by atoms with Crippen LogP contribution in [0.25, 0.3) is 11.1 Å². The molecule has 1 heterocycles. The Morgan fingerprint density at radius 2 is 2.11 bits per heavy atom. The van der Waals surface area contributed by atoms with Crippen molar-refractivity contribution in [2.45, 2.75) is 6.54 Å². The number of nitrogens with two attached hydrogens (primary N) is 1. The van der Waals surface area contributed by atoms with Gasteiger partial charge in [-0.05, 0) is 14.1 Å². The Kier molecular flexibility index (Phi) is 3.53. The molecule has 0 aliphatic carbocycles. The third-order valence-corrected chi connectivity index (χ3v) is 2.75. The third-order valence-electron chi connectivity index (χ3n) is 2.75. The summed E-state index contributed by atoms with van der Waals surface area (Å²) in [6.07, 6.45) is 1.71. The zero-order chi connectivity index (χ0) is 13.1. The highest BCUT2D eigenvalue weighted by Crippen LogP contribution is 2.35. The number of aromatic nitrogens is 2. The van der Waals surface area contributed by atoms with Crippen LogP contribution in [0.15, 0.2) is 24.4 Å². The number of rotatable bonds is 4. The van der Waals surface area contributed by atoms with Crippen molar-refractivity contribution in [2.75, 3.05) is 26.9 Å². The average Bonchev–Trinajstić information content (AvgIpc) is 2.74. The number of nitrogens with zero attached hydrogens (tertiary/aromatic N) is 2. The summed E-state index contributed by atoms with van der Waals surface area (Å²) in [5.41, 5.74) is 8.82.